The number of rotatable bonds is 8. The zero-order chi connectivity index (χ0) is 12.4. The van der Waals surface area contributed by atoms with Crippen LogP contribution in [0, 0.1) is 0 Å². The van der Waals surface area contributed by atoms with E-state index in [-0.39, 0.29) is 11.9 Å². The first-order chi connectivity index (χ1) is 7.61. The smallest absolute Gasteiger partial charge is 0.322 e. The third-order valence-corrected chi connectivity index (χ3v) is 2.93. The highest BCUT2D eigenvalue weighted by molar-refractivity contribution is 7.99. The van der Waals surface area contributed by atoms with Crippen molar-refractivity contribution in [2.24, 2.45) is 5.73 Å². The zero-order valence-electron chi connectivity index (χ0n) is 9.82. The number of carbonyl (C=O) groups excluding carboxylic acids is 2. The molecular weight excluding hydrogens is 228 g/mol. The molecular formula is C10H20N2O3S. The number of carbonyl (C=O) groups is 2. The maximum Gasteiger partial charge on any atom is 0.322 e. The summed E-state index contributed by atoms with van der Waals surface area (Å²) >= 11 is 1.61. The van der Waals surface area contributed by atoms with E-state index in [0.29, 0.717) is 19.4 Å². The van der Waals surface area contributed by atoms with Crippen LogP contribution in [-0.2, 0) is 14.3 Å². The molecule has 0 aliphatic heterocycles. The molecule has 0 aliphatic carbocycles. The van der Waals surface area contributed by atoms with Crippen molar-refractivity contribution in [2.75, 3.05) is 25.2 Å². The van der Waals surface area contributed by atoms with E-state index < -0.39 is 6.04 Å². The lowest BCUT2D eigenvalue weighted by molar-refractivity contribution is -0.144. The predicted octanol–water partition coefficient (Wildman–Crippen LogP) is 0.136. The summed E-state index contributed by atoms with van der Waals surface area (Å²) < 4.78 is 4.78. The number of amides is 1. The van der Waals surface area contributed by atoms with Gasteiger partial charge in [0.25, 0.3) is 0 Å². The summed E-state index contributed by atoms with van der Waals surface area (Å²) in [6, 6.07) is -0.549. The van der Waals surface area contributed by atoms with Gasteiger partial charge in [-0.2, -0.15) is 11.8 Å². The summed E-state index contributed by atoms with van der Waals surface area (Å²) in [5, 5.41) is 2.55. The molecule has 0 aromatic carbocycles. The Kier molecular flexibility index (Phi) is 9.03. The van der Waals surface area contributed by atoms with Crippen molar-refractivity contribution in [3.05, 3.63) is 0 Å². The average Bonchev–Trinajstić information content (AvgIpc) is 2.28. The molecule has 0 aromatic rings. The average molecular weight is 248 g/mol. The standard InChI is InChI=1S/C10H20N2O3S/c1-3-15-10(14)8(11)4-6-16-7-5-9(13)12-2/h8H,3-7,11H2,1-2H3,(H,12,13). The van der Waals surface area contributed by atoms with E-state index >= 15 is 0 Å². The first-order valence-corrected chi connectivity index (χ1v) is 6.47. The summed E-state index contributed by atoms with van der Waals surface area (Å²) in [6.45, 7) is 2.11. The number of thioether (sulfide) groups is 1. The Balaban J connectivity index is 3.44. The molecule has 3 N–H and O–H groups in total. The van der Waals surface area contributed by atoms with Gasteiger partial charge in [-0.05, 0) is 19.1 Å². The fourth-order valence-corrected chi connectivity index (χ4v) is 1.92. The van der Waals surface area contributed by atoms with E-state index in [4.69, 9.17) is 10.5 Å². The summed E-state index contributed by atoms with van der Waals surface area (Å²) in [4.78, 5) is 22.0. The summed E-state index contributed by atoms with van der Waals surface area (Å²) in [5.74, 6) is 1.18. The molecule has 0 spiro atoms. The third kappa shape index (κ3) is 7.53. The largest absolute Gasteiger partial charge is 0.465 e. The number of hydrogen-bond acceptors (Lipinski definition) is 5. The summed E-state index contributed by atoms with van der Waals surface area (Å²) in [6.07, 6.45) is 1.08. The van der Waals surface area contributed by atoms with E-state index in [0.717, 1.165) is 11.5 Å². The molecule has 1 amide bonds. The Labute approximate surface area is 100 Å². The Hall–Kier alpha value is -0.750. The third-order valence-electron chi connectivity index (χ3n) is 1.91. The molecule has 94 valence electrons. The van der Waals surface area contributed by atoms with Crippen LogP contribution in [0.5, 0.6) is 0 Å². The second kappa shape index (κ2) is 9.47. The lowest BCUT2D eigenvalue weighted by Gasteiger charge is -2.09. The van der Waals surface area contributed by atoms with Crippen molar-refractivity contribution in [1.82, 2.24) is 5.32 Å². The normalized spacial score (nSPS) is 11.9. The van der Waals surface area contributed by atoms with Gasteiger partial charge in [-0.15, -0.1) is 0 Å². The molecule has 0 fully saturated rings. The molecule has 0 saturated carbocycles. The van der Waals surface area contributed by atoms with E-state index in [9.17, 15) is 9.59 Å². The number of hydrogen-bond donors (Lipinski definition) is 2. The number of nitrogens with one attached hydrogen (secondary N) is 1. The van der Waals surface area contributed by atoms with Gasteiger partial charge in [-0.3, -0.25) is 9.59 Å². The van der Waals surface area contributed by atoms with Gasteiger partial charge in [0.05, 0.1) is 6.61 Å². The van der Waals surface area contributed by atoms with Crippen molar-refractivity contribution in [1.29, 1.82) is 0 Å². The van der Waals surface area contributed by atoms with Gasteiger partial charge in [0.15, 0.2) is 0 Å². The van der Waals surface area contributed by atoms with Gasteiger partial charge in [0, 0.05) is 19.2 Å². The lowest BCUT2D eigenvalue weighted by atomic mass is 10.2. The molecule has 16 heavy (non-hydrogen) atoms. The molecule has 1 atom stereocenters. The van der Waals surface area contributed by atoms with Gasteiger partial charge in [0.2, 0.25) is 5.91 Å². The van der Waals surface area contributed by atoms with E-state index in [1.165, 1.54) is 0 Å². The predicted molar refractivity (Wildman–Crippen MR) is 65.2 cm³/mol. The number of ether oxygens (including phenoxy) is 1. The van der Waals surface area contributed by atoms with Gasteiger partial charge in [-0.25, -0.2) is 0 Å². The Morgan fingerprint density at radius 1 is 1.44 bits per heavy atom. The minimum atomic E-state index is -0.549. The van der Waals surface area contributed by atoms with Gasteiger partial charge in [-0.1, -0.05) is 0 Å². The number of esters is 1. The van der Waals surface area contributed by atoms with Gasteiger partial charge < -0.3 is 15.8 Å². The Bertz CT molecular complexity index is 224. The van der Waals surface area contributed by atoms with Crippen LogP contribution in [0.3, 0.4) is 0 Å². The highest BCUT2D eigenvalue weighted by Crippen LogP contribution is 2.06. The quantitative estimate of drug-likeness (QED) is 0.471. The van der Waals surface area contributed by atoms with Crippen LogP contribution in [-0.4, -0.2) is 43.1 Å². The Morgan fingerprint density at radius 3 is 2.69 bits per heavy atom. The van der Waals surface area contributed by atoms with Crippen LogP contribution in [0.2, 0.25) is 0 Å². The highest BCUT2D eigenvalue weighted by Gasteiger charge is 2.13. The Morgan fingerprint density at radius 2 is 2.12 bits per heavy atom. The molecule has 0 radical (unpaired) electrons. The van der Waals surface area contributed by atoms with E-state index in [1.54, 1.807) is 25.7 Å². The van der Waals surface area contributed by atoms with Crippen LogP contribution in [0.1, 0.15) is 19.8 Å². The van der Waals surface area contributed by atoms with Crippen molar-refractivity contribution < 1.29 is 14.3 Å². The summed E-state index contributed by atoms with van der Waals surface area (Å²) in [5.41, 5.74) is 5.60. The highest BCUT2D eigenvalue weighted by atomic mass is 32.2. The van der Waals surface area contributed by atoms with Crippen LogP contribution in [0.25, 0.3) is 0 Å². The molecule has 0 bridgehead atoms. The molecule has 5 nitrogen and oxygen atoms in total. The minimum absolute atomic E-state index is 0.0298. The van der Waals surface area contributed by atoms with Crippen LogP contribution in [0.15, 0.2) is 0 Å². The second-order valence-corrected chi connectivity index (χ2v) is 4.41. The lowest BCUT2D eigenvalue weighted by Crippen LogP contribution is -2.32. The van der Waals surface area contributed by atoms with Gasteiger partial charge in [0.1, 0.15) is 6.04 Å². The fraction of sp³-hybridized carbons (Fsp3) is 0.800. The van der Waals surface area contributed by atoms with Crippen molar-refractivity contribution >= 4 is 23.6 Å². The monoisotopic (exact) mass is 248 g/mol. The molecule has 0 heterocycles. The van der Waals surface area contributed by atoms with E-state index in [2.05, 4.69) is 5.32 Å². The minimum Gasteiger partial charge on any atom is -0.465 e. The van der Waals surface area contributed by atoms with Crippen LogP contribution < -0.4 is 11.1 Å². The van der Waals surface area contributed by atoms with Crippen LogP contribution >= 0.6 is 11.8 Å². The maximum absolute atomic E-state index is 11.1. The zero-order valence-corrected chi connectivity index (χ0v) is 10.6. The second-order valence-electron chi connectivity index (χ2n) is 3.18. The van der Waals surface area contributed by atoms with E-state index in [1.807, 2.05) is 0 Å². The fourth-order valence-electron chi connectivity index (χ4n) is 0.969. The first kappa shape index (κ1) is 15.2. The molecule has 0 aliphatic rings. The maximum atomic E-state index is 11.1. The molecule has 0 aromatic heterocycles. The van der Waals surface area contributed by atoms with Crippen molar-refractivity contribution in [3.63, 3.8) is 0 Å². The number of nitrogens with two attached hydrogens (primary N) is 1. The summed E-state index contributed by atoms with van der Waals surface area (Å²) in [7, 11) is 1.61. The molecule has 0 saturated heterocycles. The topological polar surface area (TPSA) is 81.4 Å². The van der Waals surface area contributed by atoms with Crippen LogP contribution in [0.4, 0.5) is 0 Å². The first-order valence-electron chi connectivity index (χ1n) is 5.32. The van der Waals surface area contributed by atoms with Gasteiger partial charge >= 0.3 is 5.97 Å². The molecule has 1 unspecified atom stereocenters. The molecule has 0 rings (SSSR count). The molecule has 6 heteroatoms. The van der Waals surface area contributed by atoms with Crippen molar-refractivity contribution in [3.8, 4) is 0 Å². The SMILES string of the molecule is CCOC(=O)C(N)CCSCCC(=O)NC. The van der Waals surface area contributed by atoms with Crippen molar-refractivity contribution in [2.45, 2.75) is 25.8 Å².